The van der Waals surface area contributed by atoms with E-state index in [2.05, 4.69) is 60.0 Å². The molecule has 1 saturated heterocycles. The van der Waals surface area contributed by atoms with Crippen LogP contribution in [-0.2, 0) is 27.8 Å². The van der Waals surface area contributed by atoms with Crippen LogP contribution in [0, 0.1) is 11.8 Å². The quantitative estimate of drug-likeness (QED) is 0.210. The number of carbonyl (C=O) groups is 2. The van der Waals surface area contributed by atoms with E-state index < -0.39 is 0 Å². The standard InChI is InChI=1S/C37H48N2O5/c1-23(2)39(33(42)13-9-5-8-12-25-10-6-4-7-11-25)29-16-15-28-30-20-26-14-17-32(43-24(3)40)35-34(26)37(28,36(29)44-35)18-19-38(30)22-27-21-31(27)41/h4,6-7,10-11,14,17,23,27-31,36,41H,5,8-9,12-13,15-16,18-22H2,1-3H3/t27?,28-,29-,30+,31?,36-,37-/m0/s1. The van der Waals surface area contributed by atoms with E-state index in [0.717, 1.165) is 76.6 Å². The first-order chi connectivity index (χ1) is 21.3. The second-order valence-corrected chi connectivity index (χ2v) is 14.4. The Hall–Kier alpha value is -2.90. The Labute approximate surface area is 261 Å². The third kappa shape index (κ3) is 5.14. The largest absolute Gasteiger partial charge is 0.483 e. The summed E-state index contributed by atoms with van der Waals surface area (Å²) in [5.74, 6) is 1.94. The Balaban J connectivity index is 1.14. The number of piperidine rings is 1. The van der Waals surface area contributed by atoms with E-state index >= 15 is 0 Å². The van der Waals surface area contributed by atoms with E-state index in [1.807, 2.05) is 6.07 Å². The van der Waals surface area contributed by atoms with Crippen molar-refractivity contribution < 1.29 is 24.2 Å². The zero-order chi connectivity index (χ0) is 30.6. The number of nitrogens with zero attached hydrogens (tertiary/aromatic N) is 2. The van der Waals surface area contributed by atoms with Crippen LogP contribution in [0.25, 0.3) is 0 Å². The topological polar surface area (TPSA) is 79.3 Å². The molecule has 1 N–H and O–H groups in total. The van der Waals surface area contributed by atoms with Crippen molar-refractivity contribution >= 4 is 11.9 Å². The summed E-state index contributed by atoms with van der Waals surface area (Å²) < 4.78 is 12.7. The summed E-state index contributed by atoms with van der Waals surface area (Å²) in [5.41, 5.74) is 3.70. The summed E-state index contributed by atoms with van der Waals surface area (Å²) in [6.07, 6.45) is 9.11. The highest BCUT2D eigenvalue weighted by molar-refractivity contribution is 5.77. The number of hydrogen-bond acceptors (Lipinski definition) is 6. The van der Waals surface area contributed by atoms with Gasteiger partial charge in [-0.2, -0.15) is 0 Å². The van der Waals surface area contributed by atoms with Gasteiger partial charge < -0.3 is 19.5 Å². The Morgan fingerprint density at radius 3 is 2.64 bits per heavy atom. The molecule has 2 unspecified atom stereocenters. The van der Waals surface area contributed by atoms with Gasteiger partial charge in [0.1, 0.15) is 6.10 Å². The average Bonchev–Trinajstić information content (AvgIpc) is 3.57. The van der Waals surface area contributed by atoms with Gasteiger partial charge in [0.05, 0.1) is 12.1 Å². The molecule has 2 saturated carbocycles. The lowest BCUT2D eigenvalue weighted by Gasteiger charge is -2.61. The van der Waals surface area contributed by atoms with Crippen LogP contribution in [0.1, 0.15) is 88.8 Å². The number of aliphatic hydroxyl groups is 1. The van der Waals surface area contributed by atoms with Gasteiger partial charge in [0.2, 0.25) is 5.91 Å². The van der Waals surface area contributed by atoms with Gasteiger partial charge in [0.25, 0.3) is 0 Å². The fraction of sp³-hybridized carbons (Fsp3) is 0.622. The molecule has 2 aromatic rings. The van der Waals surface area contributed by atoms with Crippen molar-refractivity contribution in [2.45, 2.75) is 121 Å². The van der Waals surface area contributed by atoms with Crippen molar-refractivity contribution in [3.05, 3.63) is 59.2 Å². The summed E-state index contributed by atoms with van der Waals surface area (Å²) >= 11 is 0. The number of ether oxygens (including phenoxy) is 2. The Kier molecular flexibility index (Phi) is 7.98. The normalized spacial score (nSPS) is 31.3. The molecule has 7 rings (SSSR count). The van der Waals surface area contributed by atoms with Crippen molar-refractivity contribution in [1.82, 2.24) is 9.80 Å². The summed E-state index contributed by atoms with van der Waals surface area (Å²) in [5, 5.41) is 10.1. The second kappa shape index (κ2) is 11.8. The molecule has 7 nitrogen and oxygen atoms in total. The number of aliphatic hydroxyl groups excluding tert-OH is 1. The first kappa shape index (κ1) is 29.8. The Morgan fingerprint density at radius 1 is 1.11 bits per heavy atom. The summed E-state index contributed by atoms with van der Waals surface area (Å²) in [4.78, 5) is 30.9. The summed E-state index contributed by atoms with van der Waals surface area (Å²) in [7, 11) is 0. The van der Waals surface area contributed by atoms with E-state index in [9.17, 15) is 14.7 Å². The minimum absolute atomic E-state index is 0.0240. The molecule has 0 radical (unpaired) electrons. The van der Waals surface area contributed by atoms with E-state index in [4.69, 9.17) is 9.47 Å². The molecule has 2 aliphatic heterocycles. The monoisotopic (exact) mass is 600 g/mol. The van der Waals surface area contributed by atoms with Crippen LogP contribution in [0.2, 0.25) is 0 Å². The highest BCUT2D eigenvalue weighted by Crippen LogP contribution is 2.64. The van der Waals surface area contributed by atoms with Gasteiger partial charge in [-0.15, -0.1) is 0 Å². The van der Waals surface area contributed by atoms with Crippen molar-refractivity contribution in [1.29, 1.82) is 0 Å². The average molecular weight is 601 g/mol. The Morgan fingerprint density at radius 2 is 1.91 bits per heavy atom. The molecule has 3 aliphatic carbocycles. The predicted octanol–water partition coefficient (Wildman–Crippen LogP) is 5.44. The molecular weight excluding hydrogens is 552 g/mol. The molecule has 2 heterocycles. The zero-order valence-electron chi connectivity index (χ0n) is 26.5. The number of benzene rings is 2. The highest BCUT2D eigenvalue weighted by Gasteiger charge is 2.67. The SMILES string of the molecule is CC(=O)Oc1ccc2c3c1O[C@H]1[C@@H](N(C(=O)CCCCCc4ccccc4)C(C)C)CC[C@H]4[C@@H](C2)N(CC2CC2O)CC[C@@]341. The van der Waals surface area contributed by atoms with E-state index in [0.29, 0.717) is 30.0 Å². The van der Waals surface area contributed by atoms with Crippen molar-refractivity contribution in [2.24, 2.45) is 11.8 Å². The zero-order valence-corrected chi connectivity index (χ0v) is 26.5. The van der Waals surface area contributed by atoms with Crippen LogP contribution in [0.15, 0.2) is 42.5 Å². The van der Waals surface area contributed by atoms with Gasteiger partial charge in [-0.25, -0.2) is 0 Å². The molecule has 2 bridgehead atoms. The van der Waals surface area contributed by atoms with Gasteiger partial charge in [-0.05, 0) is 94.9 Å². The van der Waals surface area contributed by atoms with Crippen LogP contribution in [0.4, 0.5) is 0 Å². The number of likely N-dealkylation sites (tertiary alicyclic amines) is 1. The third-order valence-corrected chi connectivity index (χ3v) is 11.4. The fourth-order valence-electron chi connectivity index (χ4n) is 9.48. The number of hydrogen-bond donors (Lipinski definition) is 1. The van der Waals surface area contributed by atoms with Crippen LogP contribution < -0.4 is 9.47 Å². The molecule has 7 atom stereocenters. The fourth-order valence-corrected chi connectivity index (χ4v) is 9.48. The second-order valence-electron chi connectivity index (χ2n) is 14.4. The molecule has 1 spiro atoms. The number of unbranched alkanes of at least 4 members (excludes halogenated alkanes) is 2. The molecular formula is C37H48N2O5. The van der Waals surface area contributed by atoms with Gasteiger partial charge in [-0.1, -0.05) is 42.8 Å². The van der Waals surface area contributed by atoms with Gasteiger partial charge in [0, 0.05) is 48.9 Å². The lowest BCUT2D eigenvalue weighted by Crippen LogP contribution is -2.69. The number of rotatable bonds is 11. The smallest absolute Gasteiger partial charge is 0.308 e. The van der Waals surface area contributed by atoms with Crippen molar-refractivity contribution in [3.8, 4) is 11.5 Å². The molecule has 2 aromatic carbocycles. The lowest BCUT2D eigenvalue weighted by atomic mass is 9.51. The third-order valence-electron chi connectivity index (χ3n) is 11.4. The van der Waals surface area contributed by atoms with Crippen LogP contribution in [0.5, 0.6) is 11.5 Å². The van der Waals surface area contributed by atoms with Crippen LogP contribution in [-0.4, -0.2) is 70.2 Å². The minimum Gasteiger partial charge on any atom is -0.483 e. The maximum atomic E-state index is 14.0. The highest BCUT2D eigenvalue weighted by atomic mass is 16.6. The molecule has 236 valence electrons. The number of esters is 1. The van der Waals surface area contributed by atoms with Gasteiger partial charge in [-0.3, -0.25) is 14.5 Å². The van der Waals surface area contributed by atoms with Crippen molar-refractivity contribution in [2.75, 3.05) is 13.1 Å². The minimum atomic E-state index is -0.344. The van der Waals surface area contributed by atoms with Crippen LogP contribution in [0.3, 0.4) is 0 Å². The maximum Gasteiger partial charge on any atom is 0.308 e. The molecule has 1 amide bonds. The lowest BCUT2D eigenvalue weighted by molar-refractivity contribution is -0.146. The summed E-state index contributed by atoms with van der Waals surface area (Å²) in [6, 6.07) is 15.1. The van der Waals surface area contributed by atoms with E-state index in [1.165, 1.54) is 23.6 Å². The van der Waals surface area contributed by atoms with Crippen molar-refractivity contribution in [3.63, 3.8) is 0 Å². The number of carbonyl (C=O) groups excluding carboxylic acids is 2. The number of aryl methyl sites for hydroxylation is 1. The molecule has 0 aromatic heterocycles. The number of amides is 1. The van der Waals surface area contributed by atoms with Gasteiger partial charge in [0.15, 0.2) is 11.5 Å². The Bertz CT molecular complexity index is 1390. The van der Waals surface area contributed by atoms with E-state index in [1.54, 1.807) is 0 Å². The van der Waals surface area contributed by atoms with Gasteiger partial charge >= 0.3 is 5.97 Å². The molecule has 3 fully saturated rings. The maximum absolute atomic E-state index is 14.0. The first-order valence-electron chi connectivity index (χ1n) is 17.1. The van der Waals surface area contributed by atoms with Crippen LogP contribution >= 0.6 is 0 Å². The first-order valence-corrected chi connectivity index (χ1v) is 17.1. The molecule has 5 aliphatic rings. The molecule has 7 heteroatoms. The molecule has 44 heavy (non-hydrogen) atoms. The predicted molar refractivity (Wildman–Crippen MR) is 169 cm³/mol. The van der Waals surface area contributed by atoms with E-state index in [-0.39, 0.29) is 41.6 Å². The summed E-state index contributed by atoms with van der Waals surface area (Å²) in [6.45, 7) is 7.65.